The van der Waals surface area contributed by atoms with E-state index in [4.69, 9.17) is 0 Å². The van der Waals surface area contributed by atoms with Crippen molar-refractivity contribution in [3.63, 3.8) is 0 Å². The molecule has 8 heteroatoms. The van der Waals surface area contributed by atoms with E-state index < -0.39 is 0 Å². The van der Waals surface area contributed by atoms with Crippen LogP contribution in [0.15, 0.2) is 0 Å². The van der Waals surface area contributed by atoms with Crippen molar-refractivity contribution in [2.75, 3.05) is 26.2 Å². The zero-order valence-electron chi connectivity index (χ0n) is 18.3. The van der Waals surface area contributed by atoms with E-state index in [0.717, 1.165) is 51.6 Å². The fourth-order valence-corrected chi connectivity index (χ4v) is 4.83. The van der Waals surface area contributed by atoms with E-state index in [2.05, 4.69) is 27.9 Å². The van der Waals surface area contributed by atoms with E-state index >= 15 is 0 Å². The van der Waals surface area contributed by atoms with Gasteiger partial charge in [0.05, 0.1) is 0 Å². The number of halogens is 1. The molecule has 30 heavy (non-hydrogen) atoms. The summed E-state index contributed by atoms with van der Waals surface area (Å²) >= 11 is 2.37. The molecule has 7 nitrogen and oxygen atoms in total. The molecule has 0 radical (unpaired) electrons. The molecule has 0 spiro atoms. The van der Waals surface area contributed by atoms with E-state index in [1.54, 1.807) is 0 Å². The van der Waals surface area contributed by atoms with Gasteiger partial charge in [0.1, 0.15) is 0 Å². The summed E-state index contributed by atoms with van der Waals surface area (Å²) < 4.78 is 0.615. The third-order valence-corrected chi connectivity index (χ3v) is 6.74. The number of hydrogen-bond donors (Lipinski definition) is 1. The van der Waals surface area contributed by atoms with Crippen LogP contribution in [-0.4, -0.2) is 63.5 Å². The molecule has 0 bridgehead atoms. The van der Waals surface area contributed by atoms with E-state index in [-0.39, 0.29) is 35.5 Å². The van der Waals surface area contributed by atoms with Gasteiger partial charge in [-0.05, 0) is 31.6 Å². The highest BCUT2D eigenvalue weighted by Gasteiger charge is 2.39. The van der Waals surface area contributed by atoms with Crippen molar-refractivity contribution in [1.82, 2.24) is 15.1 Å². The van der Waals surface area contributed by atoms with Gasteiger partial charge in [0.15, 0.2) is 0 Å². The van der Waals surface area contributed by atoms with Gasteiger partial charge in [0.2, 0.25) is 23.6 Å². The smallest absolute Gasteiger partial charge is 0.233 e. The van der Waals surface area contributed by atoms with Gasteiger partial charge in [-0.15, -0.1) is 0 Å². The van der Waals surface area contributed by atoms with Crippen molar-refractivity contribution in [2.24, 2.45) is 11.8 Å². The van der Waals surface area contributed by atoms with Gasteiger partial charge in [-0.2, -0.15) is 0 Å². The molecule has 0 aliphatic carbocycles. The zero-order chi connectivity index (χ0) is 22.1. The molecular weight excluding hydrogens is 497 g/mol. The largest absolute Gasteiger partial charge is 0.356 e. The van der Waals surface area contributed by atoms with Crippen LogP contribution in [0.1, 0.15) is 71.6 Å². The van der Waals surface area contributed by atoms with Crippen LogP contribution in [0.5, 0.6) is 0 Å². The van der Waals surface area contributed by atoms with Gasteiger partial charge in [0.25, 0.3) is 0 Å². The van der Waals surface area contributed by atoms with Gasteiger partial charge < -0.3 is 10.2 Å². The third-order valence-electron chi connectivity index (χ3n) is 5.95. The predicted molar refractivity (Wildman–Crippen MR) is 124 cm³/mol. The molecule has 1 atom stereocenters. The van der Waals surface area contributed by atoms with Gasteiger partial charge in [-0.1, -0.05) is 49.3 Å². The second-order valence-corrected chi connectivity index (χ2v) is 10.6. The lowest BCUT2D eigenvalue weighted by Crippen LogP contribution is -2.50. The van der Waals surface area contributed by atoms with Crippen LogP contribution in [0.4, 0.5) is 0 Å². The zero-order valence-corrected chi connectivity index (χ0v) is 20.5. The van der Waals surface area contributed by atoms with E-state index in [0.29, 0.717) is 36.3 Å². The molecule has 1 N–H and O–H groups in total. The molecule has 4 amide bonds. The fourth-order valence-electron chi connectivity index (χ4n) is 3.88. The number of unbranched alkanes of at least 4 members (excludes halogenated alkanes) is 4. The maximum absolute atomic E-state index is 12.2. The lowest BCUT2D eigenvalue weighted by Gasteiger charge is -2.36. The minimum Gasteiger partial charge on any atom is -0.356 e. The van der Waals surface area contributed by atoms with E-state index in [1.807, 2.05) is 18.7 Å². The SMILES string of the molecule is CC(C)C1CC(=O)N(CCCCCC(=O)NCCCCCC(=O)N2CC(I)C2)C1=O. The molecule has 0 saturated carbocycles. The van der Waals surface area contributed by atoms with Crippen LogP contribution in [0.3, 0.4) is 0 Å². The molecule has 2 aliphatic heterocycles. The number of hydrogen-bond acceptors (Lipinski definition) is 4. The average Bonchev–Trinajstić information content (AvgIpc) is 2.96. The maximum Gasteiger partial charge on any atom is 0.233 e. The summed E-state index contributed by atoms with van der Waals surface area (Å²) in [6.07, 6.45) is 6.47. The number of amides is 4. The topological polar surface area (TPSA) is 86.8 Å². The van der Waals surface area contributed by atoms with Crippen molar-refractivity contribution in [2.45, 2.75) is 75.6 Å². The highest BCUT2D eigenvalue weighted by atomic mass is 127. The van der Waals surface area contributed by atoms with Crippen LogP contribution in [0, 0.1) is 11.8 Å². The Morgan fingerprint density at radius 2 is 1.70 bits per heavy atom. The van der Waals surface area contributed by atoms with Gasteiger partial charge in [0, 0.05) is 55.3 Å². The Morgan fingerprint density at radius 1 is 1.03 bits per heavy atom. The lowest BCUT2D eigenvalue weighted by molar-refractivity contribution is -0.140. The second kappa shape index (κ2) is 12.6. The summed E-state index contributed by atoms with van der Waals surface area (Å²) in [5.74, 6) is 0.239. The average molecular weight is 533 g/mol. The molecule has 1 unspecified atom stereocenters. The number of nitrogens with zero attached hydrogens (tertiary/aromatic N) is 2. The Hall–Kier alpha value is -1.19. The first-order chi connectivity index (χ1) is 14.3. The quantitative estimate of drug-likeness (QED) is 0.171. The van der Waals surface area contributed by atoms with Crippen molar-refractivity contribution >= 4 is 46.2 Å². The minimum absolute atomic E-state index is 0.0338. The fraction of sp³-hybridized carbons (Fsp3) is 0.818. The first kappa shape index (κ1) is 25.1. The number of alkyl halides is 1. The molecular formula is C22H36IN3O4. The molecule has 0 aromatic heterocycles. The summed E-state index contributed by atoms with van der Waals surface area (Å²) in [6.45, 7) is 6.85. The maximum atomic E-state index is 12.2. The predicted octanol–water partition coefficient (Wildman–Crippen LogP) is 2.90. The van der Waals surface area contributed by atoms with Crippen LogP contribution < -0.4 is 5.32 Å². The second-order valence-electron chi connectivity index (χ2n) is 8.81. The Labute approximate surface area is 193 Å². The van der Waals surface area contributed by atoms with Crippen LogP contribution >= 0.6 is 22.6 Å². The lowest BCUT2D eigenvalue weighted by atomic mass is 9.94. The standard InChI is InChI=1S/C22H36IN3O4/c1-16(2)18-13-21(29)26(22(18)30)12-8-4-5-9-19(27)24-11-7-3-6-10-20(28)25-14-17(23)15-25/h16-18H,3-15H2,1-2H3,(H,24,27). The molecule has 0 aromatic rings. The Balaban J connectivity index is 1.43. The number of imide groups is 1. The van der Waals surface area contributed by atoms with Crippen LogP contribution in [0.2, 0.25) is 0 Å². The number of nitrogens with one attached hydrogen (secondary N) is 1. The Morgan fingerprint density at radius 3 is 2.33 bits per heavy atom. The van der Waals surface area contributed by atoms with Gasteiger partial charge in [-0.25, -0.2) is 0 Å². The molecule has 2 rings (SSSR count). The first-order valence-electron chi connectivity index (χ1n) is 11.3. The van der Waals surface area contributed by atoms with Gasteiger partial charge >= 0.3 is 0 Å². The number of likely N-dealkylation sites (tertiary alicyclic amines) is 2. The van der Waals surface area contributed by atoms with Crippen LogP contribution in [-0.2, 0) is 19.2 Å². The summed E-state index contributed by atoms with van der Waals surface area (Å²) in [4.78, 5) is 51.3. The number of carbonyl (C=O) groups excluding carboxylic acids is 4. The third kappa shape index (κ3) is 7.81. The molecule has 170 valence electrons. The summed E-state index contributed by atoms with van der Waals surface area (Å²) in [6, 6.07) is 0. The minimum atomic E-state index is -0.166. The molecule has 0 aromatic carbocycles. The monoisotopic (exact) mass is 533 g/mol. The molecule has 2 aliphatic rings. The first-order valence-corrected chi connectivity index (χ1v) is 12.6. The highest BCUT2D eigenvalue weighted by molar-refractivity contribution is 14.1. The number of rotatable bonds is 13. The Bertz CT molecular complexity index is 620. The van der Waals surface area contributed by atoms with Crippen molar-refractivity contribution in [3.05, 3.63) is 0 Å². The molecule has 2 saturated heterocycles. The molecule has 2 fully saturated rings. The summed E-state index contributed by atoms with van der Waals surface area (Å²) in [5, 5.41) is 2.93. The Kier molecular flexibility index (Phi) is 10.5. The van der Waals surface area contributed by atoms with Crippen molar-refractivity contribution < 1.29 is 19.2 Å². The van der Waals surface area contributed by atoms with Crippen molar-refractivity contribution in [1.29, 1.82) is 0 Å². The van der Waals surface area contributed by atoms with E-state index in [9.17, 15) is 19.2 Å². The van der Waals surface area contributed by atoms with E-state index in [1.165, 1.54) is 4.90 Å². The summed E-state index contributed by atoms with van der Waals surface area (Å²) in [7, 11) is 0. The molecule has 2 heterocycles. The highest BCUT2D eigenvalue weighted by Crippen LogP contribution is 2.26. The van der Waals surface area contributed by atoms with Crippen molar-refractivity contribution in [3.8, 4) is 0 Å². The normalized spacial score (nSPS) is 19.5. The van der Waals surface area contributed by atoms with Gasteiger partial charge in [-0.3, -0.25) is 24.1 Å². The van der Waals surface area contributed by atoms with Crippen LogP contribution in [0.25, 0.3) is 0 Å². The number of carbonyl (C=O) groups is 4. The summed E-state index contributed by atoms with van der Waals surface area (Å²) in [5.41, 5.74) is 0.